The second-order valence-electron chi connectivity index (χ2n) is 5.78. The first-order chi connectivity index (χ1) is 10.1. The van der Waals surface area contributed by atoms with Crippen molar-refractivity contribution >= 4 is 6.03 Å². The molecule has 1 aromatic heterocycles. The molecule has 0 saturated carbocycles. The van der Waals surface area contributed by atoms with E-state index in [2.05, 4.69) is 22.5 Å². The fourth-order valence-corrected chi connectivity index (χ4v) is 2.46. The number of piperidine rings is 1. The Kier molecular flexibility index (Phi) is 6.07. The Morgan fingerprint density at radius 2 is 2.24 bits per heavy atom. The van der Waals surface area contributed by atoms with Crippen molar-refractivity contribution in [2.45, 2.75) is 32.4 Å². The fraction of sp³-hybridized carbons (Fsp3) is 0.667. The molecule has 0 unspecified atom stereocenters. The molecule has 1 atom stereocenters. The Morgan fingerprint density at radius 3 is 2.90 bits per heavy atom. The summed E-state index contributed by atoms with van der Waals surface area (Å²) < 4.78 is 5.12. The van der Waals surface area contributed by atoms with Crippen molar-refractivity contribution in [2.24, 2.45) is 5.92 Å². The molecule has 1 aromatic rings. The lowest BCUT2D eigenvalue weighted by atomic mass is 9.99. The zero-order valence-corrected chi connectivity index (χ0v) is 12.5. The van der Waals surface area contributed by atoms with Crippen LogP contribution in [0.15, 0.2) is 22.8 Å². The number of likely N-dealkylation sites (tertiary alicyclic amines) is 1. The summed E-state index contributed by atoms with van der Waals surface area (Å²) in [6, 6.07) is 3.28. The summed E-state index contributed by atoms with van der Waals surface area (Å²) in [5, 5.41) is 15.3. The number of carbonyl (C=O) groups is 1. The van der Waals surface area contributed by atoms with Crippen molar-refractivity contribution in [1.29, 1.82) is 0 Å². The largest absolute Gasteiger partial charge is 0.467 e. The molecular formula is C15H25N3O3. The number of aliphatic hydroxyl groups excluding tert-OH is 1. The highest BCUT2D eigenvalue weighted by Crippen LogP contribution is 2.15. The van der Waals surface area contributed by atoms with E-state index in [0.717, 1.165) is 19.0 Å². The van der Waals surface area contributed by atoms with E-state index in [4.69, 9.17) is 4.42 Å². The third-order valence-corrected chi connectivity index (χ3v) is 3.85. The first kappa shape index (κ1) is 15.9. The monoisotopic (exact) mass is 295 g/mol. The summed E-state index contributed by atoms with van der Waals surface area (Å²) in [6.45, 7) is 5.55. The highest BCUT2D eigenvalue weighted by atomic mass is 16.3. The molecule has 118 valence electrons. The lowest BCUT2D eigenvalue weighted by Crippen LogP contribution is -2.45. The number of urea groups is 1. The van der Waals surface area contributed by atoms with Crippen LogP contribution in [0, 0.1) is 5.92 Å². The van der Waals surface area contributed by atoms with E-state index >= 15 is 0 Å². The number of amides is 2. The quantitative estimate of drug-likeness (QED) is 0.736. The molecule has 2 amide bonds. The smallest absolute Gasteiger partial charge is 0.315 e. The Hall–Kier alpha value is -1.53. The Morgan fingerprint density at radius 1 is 1.48 bits per heavy atom. The van der Waals surface area contributed by atoms with Crippen molar-refractivity contribution in [2.75, 3.05) is 26.2 Å². The van der Waals surface area contributed by atoms with Gasteiger partial charge in [-0.25, -0.2) is 4.79 Å². The average molecular weight is 295 g/mol. The molecule has 6 heteroatoms. The van der Waals surface area contributed by atoms with Gasteiger partial charge in [-0.05, 0) is 44.0 Å². The van der Waals surface area contributed by atoms with Gasteiger partial charge in [-0.15, -0.1) is 0 Å². The van der Waals surface area contributed by atoms with Crippen molar-refractivity contribution < 1.29 is 14.3 Å². The van der Waals surface area contributed by atoms with Gasteiger partial charge in [0.05, 0.1) is 18.9 Å². The summed E-state index contributed by atoms with van der Waals surface area (Å²) in [5.41, 5.74) is 0. The van der Waals surface area contributed by atoms with Crippen molar-refractivity contribution in [3.63, 3.8) is 0 Å². The minimum Gasteiger partial charge on any atom is -0.467 e. The summed E-state index contributed by atoms with van der Waals surface area (Å²) >= 11 is 0. The van der Waals surface area contributed by atoms with Crippen LogP contribution >= 0.6 is 0 Å². The molecular weight excluding hydrogens is 270 g/mol. The summed E-state index contributed by atoms with van der Waals surface area (Å²) in [6.07, 6.45) is 3.40. The molecule has 1 aliphatic rings. The summed E-state index contributed by atoms with van der Waals surface area (Å²) in [7, 11) is 0. The molecule has 0 radical (unpaired) electrons. The van der Waals surface area contributed by atoms with Crippen LogP contribution in [0.2, 0.25) is 0 Å². The van der Waals surface area contributed by atoms with E-state index in [0.29, 0.717) is 18.8 Å². The van der Waals surface area contributed by atoms with E-state index in [1.807, 2.05) is 0 Å². The molecule has 0 aliphatic carbocycles. The van der Waals surface area contributed by atoms with E-state index in [9.17, 15) is 9.90 Å². The van der Waals surface area contributed by atoms with E-state index in [1.54, 1.807) is 18.4 Å². The summed E-state index contributed by atoms with van der Waals surface area (Å²) in [5.74, 6) is 1.48. The van der Waals surface area contributed by atoms with Gasteiger partial charge in [-0.2, -0.15) is 0 Å². The molecule has 3 N–H and O–H groups in total. The number of rotatable bonds is 6. The van der Waals surface area contributed by atoms with Gasteiger partial charge in [0.1, 0.15) is 5.76 Å². The van der Waals surface area contributed by atoms with Gasteiger partial charge >= 0.3 is 6.03 Å². The van der Waals surface area contributed by atoms with E-state index < -0.39 is 6.10 Å². The van der Waals surface area contributed by atoms with Gasteiger partial charge in [0.2, 0.25) is 0 Å². The Labute approximate surface area is 125 Å². The topological polar surface area (TPSA) is 77.7 Å². The number of aliphatic hydroxyl groups is 1. The van der Waals surface area contributed by atoms with Crippen molar-refractivity contribution in [1.82, 2.24) is 15.5 Å². The molecule has 0 bridgehead atoms. The fourth-order valence-electron chi connectivity index (χ4n) is 2.46. The number of β-amino-alcohol motifs (C(OH)–C–C–N with tert-alkyl or cyclic N) is 1. The van der Waals surface area contributed by atoms with Crippen LogP contribution in [-0.2, 0) is 6.54 Å². The van der Waals surface area contributed by atoms with E-state index in [1.165, 1.54) is 12.8 Å². The van der Waals surface area contributed by atoms with Gasteiger partial charge in [-0.1, -0.05) is 6.92 Å². The number of furan rings is 1. The maximum atomic E-state index is 11.6. The third kappa shape index (κ3) is 5.77. The Balaban J connectivity index is 1.57. The minimum absolute atomic E-state index is 0.260. The third-order valence-electron chi connectivity index (χ3n) is 3.85. The number of hydrogen-bond acceptors (Lipinski definition) is 4. The van der Waals surface area contributed by atoms with Crippen LogP contribution in [0.3, 0.4) is 0 Å². The maximum Gasteiger partial charge on any atom is 0.315 e. The number of hydrogen-bond donors (Lipinski definition) is 3. The number of carbonyl (C=O) groups excluding carboxylic acids is 1. The normalized spacial score (nSPS) is 18.4. The van der Waals surface area contributed by atoms with Crippen LogP contribution in [0.25, 0.3) is 0 Å². The molecule has 21 heavy (non-hydrogen) atoms. The minimum atomic E-state index is -0.534. The first-order valence-corrected chi connectivity index (χ1v) is 7.58. The molecule has 0 spiro atoms. The predicted octanol–water partition coefficient (Wildman–Crippen LogP) is 1.17. The summed E-state index contributed by atoms with van der Waals surface area (Å²) in [4.78, 5) is 13.8. The highest BCUT2D eigenvalue weighted by Gasteiger charge is 2.18. The Bertz CT molecular complexity index is 414. The predicted molar refractivity (Wildman–Crippen MR) is 79.8 cm³/mol. The van der Waals surface area contributed by atoms with Crippen LogP contribution in [0.1, 0.15) is 25.5 Å². The average Bonchev–Trinajstić information content (AvgIpc) is 2.99. The van der Waals surface area contributed by atoms with E-state index in [-0.39, 0.29) is 12.6 Å². The van der Waals surface area contributed by atoms with Crippen LogP contribution < -0.4 is 10.6 Å². The second-order valence-corrected chi connectivity index (χ2v) is 5.78. The maximum absolute atomic E-state index is 11.6. The van der Waals surface area contributed by atoms with Gasteiger partial charge in [0.15, 0.2) is 0 Å². The van der Waals surface area contributed by atoms with Gasteiger partial charge < -0.3 is 25.1 Å². The van der Waals surface area contributed by atoms with Crippen LogP contribution in [0.4, 0.5) is 4.79 Å². The highest BCUT2D eigenvalue weighted by molar-refractivity contribution is 5.73. The molecule has 0 aromatic carbocycles. The van der Waals surface area contributed by atoms with Gasteiger partial charge in [0, 0.05) is 13.1 Å². The molecule has 1 saturated heterocycles. The standard InChI is InChI=1S/C15H25N3O3/c1-12-4-6-18(7-5-12)11-13(19)9-16-15(20)17-10-14-3-2-8-21-14/h2-3,8,12-13,19H,4-7,9-11H2,1H3,(H2,16,17,20)/t13-/m1/s1. The molecule has 1 fully saturated rings. The molecule has 6 nitrogen and oxygen atoms in total. The SMILES string of the molecule is CC1CCN(C[C@H](O)CNC(=O)NCc2ccco2)CC1. The molecule has 1 aliphatic heterocycles. The zero-order valence-electron chi connectivity index (χ0n) is 12.5. The van der Waals surface area contributed by atoms with Crippen molar-refractivity contribution in [3.05, 3.63) is 24.2 Å². The molecule has 2 rings (SSSR count). The lowest BCUT2D eigenvalue weighted by Gasteiger charge is -2.31. The number of nitrogens with one attached hydrogen (secondary N) is 2. The second kappa shape index (κ2) is 8.05. The van der Waals surface area contributed by atoms with Crippen LogP contribution in [0.5, 0.6) is 0 Å². The number of nitrogens with zero attached hydrogens (tertiary/aromatic N) is 1. The lowest BCUT2D eigenvalue weighted by molar-refractivity contribution is 0.0920. The molecule has 2 heterocycles. The van der Waals surface area contributed by atoms with Gasteiger partial charge in [0.25, 0.3) is 0 Å². The van der Waals surface area contributed by atoms with Crippen molar-refractivity contribution in [3.8, 4) is 0 Å². The van der Waals surface area contributed by atoms with Gasteiger partial charge in [-0.3, -0.25) is 0 Å². The first-order valence-electron chi connectivity index (χ1n) is 7.58. The van der Waals surface area contributed by atoms with Crippen LogP contribution in [-0.4, -0.2) is 48.3 Å². The zero-order chi connectivity index (χ0) is 15.1.